The Bertz CT molecular complexity index is 886. The first-order chi connectivity index (χ1) is 11.1. The van der Waals surface area contributed by atoms with Crippen LogP contribution in [0.1, 0.15) is 9.67 Å². The number of hydrogen-bond donors (Lipinski definition) is 2. The summed E-state index contributed by atoms with van der Waals surface area (Å²) in [7, 11) is 1.47. The average molecular weight is 353 g/mol. The number of hydrazine groups is 1. The van der Waals surface area contributed by atoms with Crippen molar-refractivity contribution in [3.05, 3.63) is 46.2 Å². The fourth-order valence-electron chi connectivity index (χ4n) is 1.87. The molecule has 2 aromatic heterocycles. The van der Waals surface area contributed by atoms with E-state index in [2.05, 4.69) is 20.8 Å². The van der Waals surface area contributed by atoms with Crippen LogP contribution in [0.5, 0.6) is 5.88 Å². The molecule has 0 saturated carbocycles. The third-order valence-electron chi connectivity index (χ3n) is 2.92. The lowest BCUT2D eigenvalue weighted by Gasteiger charge is -2.06. The van der Waals surface area contributed by atoms with Crippen LogP contribution in [0, 0.1) is 5.82 Å². The van der Waals surface area contributed by atoms with E-state index >= 15 is 0 Å². The van der Waals surface area contributed by atoms with Crippen LogP contribution >= 0.6 is 22.9 Å². The minimum atomic E-state index is -0.469. The van der Waals surface area contributed by atoms with Crippen LogP contribution in [0.25, 0.3) is 10.1 Å². The van der Waals surface area contributed by atoms with E-state index in [-0.39, 0.29) is 21.7 Å². The molecule has 1 amide bonds. The third-order valence-corrected chi connectivity index (χ3v) is 4.58. The average Bonchev–Trinajstić information content (AvgIpc) is 2.89. The second-order valence-corrected chi connectivity index (χ2v) is 5.82. The summed E-state index contributed by atoms with van der Waals surface area (Å²) >= 11 is 7.28. The predicted molar refractivity (Wildman–Crippen MR) is 86.5 cm³/mol. The smallest absolute Gasteiger partial charge is 0.281 e. The topological polar surface area (TPSA) is 76.1 Å². The van der Waals surface area contributed by atoms with Gasteiger partial charge in [-0.1, -0.05) is 11.6 Å². The van der Waals surface area contributed by atoms with Crippen molar-refractivity contribution in [2.75, 3.05) is 12.5 Å². The van der Waals surface area contributed by atoms with Crippen LogP contribution in [0.3, 0.4) is 0 Å². The van der Waals surface area contributed by atoms with E-state index in [1.54, 1.807) is 12.1 Å². The highest BCUT2D eigenvalue weighted by Crippen LogP contribution is 2.35. The summed E-state index contributed by atoms with van der Waals surface area (Å²) in [6, 6.07) is 5.75. The summed E-state index contributed by atoms with van der Waals surface area (Å²) in [6.45, 7) is 0. The number of benzene rings is 1. The van der Waals surface area contributed by atoms with Gasteiger partial charge in [-0.3, -0.25) is 15.6 Å². The van der Waals surface area contributed by atoms with Crippen LogP contribution in [0.2, 0.25) is 5.02 Å². The van der Waals surface area contributed by atoms with E-state index in [9.17, 15) is 9.18 Å². The molecule has 0 saturated heterocycles. The molecule has 0 fully saturated rings. The van der Waals surface area contributed by atoms with Gasteiger partial charge in [-0.15, -0.1) is 11.3 Å². The largest absolute Gasteiger partial charge is 0.481 e. The molecule has 3 aromatic rings. The Morgan fingerprint density at radius 3 is 3.00 bits per heavy atom. The number of nitrogens with zero attached hydrogens (tertiary/aromatic N) is 2. The van der Waals surface area contributed by atoms with Gasteiger partial charge in [-0.05, 0) is 18.2 Å². The van der Waals surface area contributed by atoms with Gasteiger partial charge in [-0.2, -0.15) is 4.98 Å². The van der Waals surface area contributed by atoms with Gasteiger partial charge >= 0.3 is 0 Å². The molecule has 0 spiro atoms. The van der Waals surface area contributed by atoms with Crippen LogP contribution in [0.15, 0.2) is 30.5 Å². The van der Waals surface area contributed by atoms with E-state index in [0.717, 1.165) is 11.3 Å². The first-order valence-corrected chi connectivity index (χ1v) is 7.59. The molecule has 6 nitrogen and oxygen atoms in total. The van der Waals surface area contributed by atoms with Gasteiger partial charge < -0.3 is 4.74 Å². The minimum absolute atomic E-state index is 0.168. The molecule has 0 unspecified atom stereocenters. The van der Waals surface area contributed by atoms with E-state index in [1.165, 1.54) is 25.4 Å². The maximum atomic E-state index is 13.2. The van der Waals surface area contributed by atoms with Crippen molar-refractivity contribution in [2.24, 2.45) is 0 Å². The number of fused-ring (bicyclic) bond motifs is 1. The minimum Gasteiger partial charge on any atom is -0.481 e. The zero-order chi connectivity index (χ0) is 16.4. The molecule has 1 aromatic carbocycles. The maximum Gasteiger partial charge on any atom is 0.281 e. The quantitative estimate of drug-likeness (QED) is 0.705. The van der Waals surface area contributed by atoms with Gasteiger partial charge in [-0.25, -0.2) is 9.37 Å². The molecule has 118 valence electrons. The lowest BCUT2D eigenvalue weighted by molar-refractivity contribution is 0.0966. The summed E-state index contributed by atoms with van der Waals surface area (Å²) in [5.41, 5.74) is 5.02. The summed E-state index contributed by atoms with van der Waals surface area (Å²) in [4.78, 5) is 20.4. The molecule has 2 N–H and O–H groups in total. The predicted octanol–water partition coefficient (Wildman–Crippen LogP) is 3.25. The number of nitrogens with one attached hydrogen (secondary N) is 2. The molecule has 0 radical (unpaired) electrons. The normalized spacial score (nSPS) is 10.6. The van der Waals surface area contributed by atoms with Gasteiger partial charge in [0.1, 0.15) is 10.7 Å². The maximum absolute atomic E-state index is 13.2. The van der Waals surface area contributed by atoms with Crippen molar-refractivity contribution in [2.45, 2.75) is 0 Å². The Morgan fingerprint density at radius 1 is 1.39 bits per heavy atom. The summed E-state index contributed by atoms with van der Waals surface area (Å²) < 4.78 is 18.8. The number of methoxy groups -OCH3 is 1. The van der Waals surface area contributed by atoms with Gasteiger partial charge in [0.05, 0.1) is 12.1 Å². The number of hydrogen-bond acceptors (Lipinski definition) is 6. The second-order valence-electron chi connectivity index (χ2n) is 4.39. The van der Waals surface area contributed by atoms with E-state index < -0.39 is 5.91 Å². The highest BCUT2D eigenvalue weighted by Gasteiger charge is 2.17. The zero-order valence-electron chi connectivity index (χ0n) is 11.8. The molecular weight excluding hydrogens is 343 g/mol. The van der Waals surface area contributed by atoms with E-state index in [0.29, 0.717) is 16.0 Å². The lowest BCUT2D eigenvalue weighted by Crippen LogP contribution is -2.29. The highest BCUT2D eigenvalue weighted by atomic mass is 35.5. The first kappa shape index (κ1) is 15.4. The Labute approximate surface area is 139 Å². The van der Waals surface area contributed by atoms with Crippen molar-refractivity contribution in [1.29, 1.82) is 0 Å². The molecule has 0 aliphatic carbocycles. The van der Waals surface area contributed by atoms with Crippen molar-refractivity contribution >= 4 is 44.9 Å². The first-order valence-electron chi connectivity index (χ1n) is 6.39. The van der Waals surface area contributed by atoms with Crippen LogP contribution < -0.4 is 15.6 Å². The number of rotatable bonds is 4. The summed E-state index contributed by atoms with van der Waals surface area (Å²) in [6.07, 6.45) is 1.48. The monoisotopic (exact) mass is 352 g/mol. The fourth-order valence-corrected chi connectivity index (χ4v) is 3.31. The number of thiophene rings is 1. The van der Waals surface area contributed by atoms with Crippen LogP contribution in [-0.2, 0) is 0 Å². The van der Waals surface area contributed by atoms with Crippen molar-refractivity contribution < 1.29 is 13.9 Å². The molecule has 0 atom stereocenters. The Hall–Kier alpha value is -2.45. The Balaban J connectivity index is 1.79. The highest BCUT2D eigenvalue weighted by molar-refractivity contribution is 7.21. The number of aromatic nitrogens is 2. The fraction of sp³-hybridized carbons (Fsp3) is 0.0714. The molecule has 0 aliphatic heterocycles. The molecular formula is C14H10ClFN4O2S. The van der Waals surface area contributed by atoms with E-state index in [4.69, 9.17) is 16.3 Å². The molecule has 0 bridgehead atoms. The molecule has 0 aliphatic rings. The van der Waals surface area contributed by atoms with Gasteiger partial charge in [0.25, 0.3) is 5.91 Å². The number of anilines is 1. The SMILES string of the molecule is COc1ccnc(NNC(=O)c2sc3cc(F)ccc3c2Cl)n1. The lowest BCUT2D eigenvalue weighted by atomic mass is 10.2. The Kier molecular flexibility index (Phi) is 4.26. The number of carbonyl (C=O) groups is 1. The number of carbonyl (C=O) groups excluding carboxylic acids is 1. The zero-order valence-corrected chi connectivity index (χ0v) is 13.3. The standard InChI is InChI=1S/C14H10ClFN4O2S/c1-22-10-4-5-17-14(18-10)20-19-13(21)12-11(15)8-3-2-7(16)6-9(8)23-12/h2-6H,1H3,(H,19,21)(H,17,18,20). The Morgan fingerprint density at radius 2 is 2.22 bits per heavy atom. The molecule has 23 heavy (non-hydrogen) atoms. The van der Waals surface area contributed by atoms with Crippen molar-refractivity contribution in [1.82, 2.24) is 15.4 Å². The molecule has 3 rings (SSSR count). The molecule has 2 heterocycles. The van der Waals surface area contributed by atoms with Crippen molar-refractivity contribution in [3.63, 3.8) is 0 Å². The van der Waals surface area contributed by atoms with Gasteiger partial charge in [0.2, 0.25) is 11.8 Å². The summed E-state index contributed by atoms with van der Waals surface area (Å²) in [5, 5.41) is 0.900. The third kappa shape index (κ3) is 3.17. The van der Waals surface area contributed by atoms with Gasteiger partial charge in [0.15, 0.2) is 0 Å². The number of ether oxygens (including phenoxy) is 1. The van der Waals surface area contributed by atoms with E-state index in [1.807, 2.05) is 0 Å². The van der Waals surface area contributed by atoms with Crippen molar-refractivity contribution in [3.8, 4) is 5.88 Å². The molecule has 9 heteroatoms. The van der Waals surface area contributed by atoms with Gasteiger partial charge in [0, 0.05) is 22.3 Å². The number of amides is 1. The van der Waals surface area contributed by atoms with Crippen LogP contribution in [0.4, 0.5) is 10.3 Å². The second kappa shape index (κ2) is 6.35. The number of halogens is 2. The summed E-state index contributed by atoms with van der Waals surface area (Å²) in [5.74, 6) is -0.332. The van der Waals surface area contributed by atoms with Crippen LogP contribution in [-0.4, -0.2) is 23.0 Å².